The lowest BCUT2D eigenvalue weighted by atomic mass is 10.1. The molecule has 33 heavy (non-hydrogen) atoms. The Labute approximate surface area is 199 Å². The zero-order valence-corrected chi connectivity index (χ0v) is 19.9. The molecule has 0 unspecified atom stereocenters. The lowest BCUT2D eigenvalue weighted by Gasteiger charge is -2.28. The molecule has 0 spiro atoms. The Morgan fingerprint density at radius 2 is 1.64 bits per heavy atom. The summed E-state index contributed by atoms with van der Waals surface area (Å²) in [4.78, 5) is 31.4. The third-order valence-corrected chi connectivity index (χ3v) is 6.08. The van der Waals surface area contributed by atoms with Gasteiger partial charge >= 0.3 is 0 Å². The van der Waals surface area contributed by atoms with Crippen molar-refractivity contribution in [1.29, 1.82) is 0 Å². The third kappa shape index (κ3) is 7.17. The van der Waals surface area contributed by atoms with Crippen LogP contribution in [0.3, 0.4) is 0 Å². The van der Waals surface area contributed by atoms with Gasteiger partial charge in [0.2, 0.25) is 5.91 Å². The number of carbonyl (C=O) groups excluding carboxylic acids is 2. The van der Waals surface area contributed by atoms with Crippen molar-refractivity contribution in [1.82, 2.24) is 9.80 Å². The Morgan fingerprint density at radius 1 is 0.879 bits per heavy atom. The maximum atomic E-state index is 13.5. The van der Waals surface area contributed by atoms with Gasteiger partial charge in [-0.25, -0.2) is 0 Å². The highest BCUT2D eigenvalue weighted by Crippen LogP contribution is 2.20. The van der Waals surface area contributed by atoms with E-state index in [1.165, 1.54) is 7.11 Å². The summed E-state index contributed by atoms with van der Waals surface area (Å²) in [6.07, 6.45) is 0.633. The molecule has 1 aromatic heterocycles. The number of ether oxygens (including phenoxy) is 2. The standard InChI is InChI=1S/C26H30N2O4S/c1-31-16-9-15-27(26(30)23-13-6-7-14-24(23)32-2)20-25(29)28(19-22-12-8-17-33-22)18-21-10-4-3-5-11-21/h3-8,10-14,17H,9,15-16,18-20H2,1-2H3. The van der Waals surface area contributed by atoms with E-state index in [1.807, 2.05) is 53.9 Å². The van der Waals surface area contributed by atoms with Crippen molar-refractivity contribution in [2.75, 3.05) is 33.9 Å². The highest BCUT2D eigenvalue weighted by Gasteiger charge is 2.24. The molecule has 1 heterocycles. The minimum atomic E-state index is -0.229. The molecule has 3 rings (SSSR count). The number of amides is 2. The Balaban J connectivity index is 1.81. The Hall–Kier alpha value is -3.16. The van der Waals surface area contributed by atoms with Crippen LogP contribution in [0.2, 0.25) is 0 Å². The van der Waals surface area contributed by atoms with Crippen molar-refractivity contribution in [2.24, 2.45) is 0 Å². The molecular formula is C26H30N2O4S. The molecule has 2 aromatic carbocycles. The second-order valence-electron chi connectivity index (χ2n) is 7.59. The molecule has 0 saturated heterocycles. The van der Waals surface area contributed by atoms with Crippen molar-refractivity contribution in [3.63, 3.8) is 0 Å². The number of thiophene rings is 1. The van der Waals surface area contributed by atoms with Crippen LogP contribution in [0.15, 0.2) is 72.1 Å². The lowest BCUT2D eigenvalue weighted by Crippen LogP contribution is -2.43. The van der Waals surface area contributed by atoms with Gasteiger partial charge in [0.05, 0.1) is 19.2 Å². The number of methoxy groups -OCH3 is 2. The van der Waals surface area contributed by atoms with Crippen LogP contribution in [0.25, 0.3) is 0 Å². The predicted octanol–water partition coefficient (Wildman–Crippen LogP) is 4.46. The first-order valence-electron chi connectivity index (χ1n) is 10.9. The molecule has 3 aromatic rings. The van der Waals surface area contributed by atoms with Gasteiger partial charge in [-0.15, -0.1) is 11.3 Å². The Kier molecular flexibility index (Phi) is 9.47. The maximum absolute atomic E-state index is 13.5. The third-order valence-electron chi connectivity index (χ3n) is 5.22. The van der Waals surface area contributed by atoms with Crippen LogP contribution in [0, 0.1) is 0 Å². The smallest absolute Gasteiger partial charge is 0.258 e. The number of rotatable bonds is 12. The van der Waals surface area contributed by atoms with Gasteiger partial charge in [-0.05, 0) is 35.6 Å². The zero-order valence-electron chi connectivity index (χ0n) is 19.1. The maximum Gasteiger partial charge on any atom is 0.258 e. The summed E-state index contributed by atoms with van der Waals surface area (Å²) in [5, 5.41) is 2.00. The largest absolute Gasteiger partial charge is 0.496 e. The topological polar surface area (TPSA) is 59.1 Å². The van der Waals surface area contributed by atoms with E-state index in [4.69, 9.17) is 9.47 Å². The van der Waals surface area contributed by atoms with Gasteiger partial charge in [0, 0.05) is 31.7 Å². The fraction of sp³-hybridized carbons (Fsp3) is 0.308. The van der Waals surface area contributed by atoms with Crippen molar-refractivity contribution >= 4 is 23.2 Å². The van der Waals surface area contributed by atoms with Gasteiger partial charge in [0.15, 0.2) is 0 Å². The molecule has 0 fully saturated rings. The molecule has 0 aliphatic rings. The summed E-state index contributed by atoms with van der Waals surface area (Å²) >= 11 is 1.62. The van der Waals surface area contributed by atoms with E-state index < -0.39 is 0 Å². The number of hydrogen-bond acceptors (Lipinski definition) is 5. The summed E-state index contributed by atoms with van der Waals surface area (Å²) in [5.41, 5.74) is 1.49. The monoisotopic (exact) mass is 466 g/mol. The highest BCUT2D eigenvalue weighted by atomic mass is 32.1. The Morgan fingerprint density at radius 3 is 2.33 bits per heavy atom. The normalized spacial score (nSPS) is 10.6. The number of hydrogen-bond donors (Lipinski definition) is 0. The first-order chi connectivity index (χ1) is 16.1. The van der Waals surface area contributed by atoms with Gasteiger partial charge in [-0.2, -0.15) is 0 Å². The van der Waals surface area contributed by atoms with Crippen molar-refractivity contribution in [2.45, 2.75) is 19.5 Å². The summed E-state index contributed by atoms with van der Waals surface area (Å²) < 4.78 is 10.5. The first-order valence-corrected chi connectivity index (χ1v) is 11.8. The summed E-state index contributed by atoms with van der Waals surface area (Å²) in [5.74, 6) is 0.159. The molecular weight excluding hydrogens is 436 g/mol. The first kappa shape index (κ1) is 24.5. The molecule has 0 saturated carbocycles. The molecule has 0 radical (unpaired) electrons. The van der Waals surface area contributed by atoms with Gasteiger partial charge in [-0.3, -0.25) is 9.59 Å². The van der Waals surface area contributed by atoms with Gasteiger partial charge < -0.3 is 19.3 Å². The average Bonchev–Trinajstić information content (AvgIpc) is 3.36. The second-order valence-corrected chi connectivity index (χ2v) is 8.62. The molecule has 0 aliphatic heterocycles. The number of benzene rings is 2. The molecule has 6 nitrogen and oxygen atoms in total. The molecule has 174 valence electrons. The van der Waals surface area contributed by atoms with Crippen molar-refractivity contribution in [3.05, 3.63) is 88.1 Å². The fourth-order valence-corrected chi connectivity index (χ4v) is 4.25. The van der Waals surface area contributed by atoms with Crippen LogP contribution < -0.4 is 4.74 Å². The van der Waals surface area contributed by atoms with E-state index in [2.05, 4.69) is 0 Å². The highest BCUT2D eigenvalue weighted by molar-refractivity contribution is 7.09. The van der Waals surface area contributed by atoms with Gasteiger partial charge in [-0.1, -0.05) is 48.5 Å². The van der Waals surface area contributed by atoms with E-state index in [0.29, 0.717) is 44.0 Å². The zero-order chi connectivity index (χ0) is 23.5. The van der Waals surface area contributed by atoms with Gasteiger partial charge in [0.25, 0.3) is 5.91 Å². The quantitative estimate of drug-likeness (QED) is 0.370. The molecule has 0 N–H and O–H groups in total. The SMILES string of the molecule is COCCCN(CC(=O)N(Cc1ccccc1)Cc1cccs1)C(=O)c1ccccc1OC. The van der Waals surface area contributed by atoms with Crippen LogP contribution in [0.4, 0.5) is 0 Å². The molecule has 0 atom stereocenters. The molecule has 2 amide bonds. The van der Waals surface area contributed by atoms with Crippen LogP contribution in [-0.2, 0) is 22.6 Å². The van der Waals surface area contributed by atoms with Crippen LogP contribution in [0.1, 0.15) is 27.2 Å². The number of carbonyl (C=O) groups is 2. The second kappa shape index (κ2) is 12.8. The molecule has 0 aliphatic carbocycles. The fourth-order valence-electron chi connectivity index (χ4n) is 3.53. The van der Waals surface area contributed by atoms with Crippen molar-refractivity contribution < 1.29 is 19.1 Å². The van der Waals surface area contributed by atoms with E-state index in [1.54, 1.807) is 46.4 Å². The lowest BCUT2D eigenvalue weighted by molar-refractivity contribution is -0.133. The average molecular weight is 467 g/mol. The molecule has 0 bridgehead atoms. The van der Waals surface area contributed by atoms with E-state index in [0.717, 1.165) is 10.4 Å². The van der Waals surface area contributed by atoms with Crippen LogP contribution in [-0.4, -0.2) is 55.5 Å². The van der Waals surface area contributed by atoms with Gasteiger partial charge in [0.1, 0.15) is 12.3 Å². The molecule has 7 heteroatoms. The minimum Gasteiger partial charge on any atom is -0.496 e. The van der Waals surface area contributed by atoms with E-state index in [-0.39, 0.29) is 18.4 Å². The van der Waals surface area contributed by atoms with Crippen LogP contribution >= 0.6 is 11.3 Å². The van der Waals surface area contributed by atoms with E-state index in [9.17, 15) is 9.59 Å². The predicted molar refractivity (Wildman–Crippen MR) is 130 cm³/mol. The number of para-hydroxylation sites is 1. The van der Waals surface area contributed by atoms with Crippen LogP contribution in [0.5, 0.6) is 5.75 Å². The number of nitrogens with zero attached hydrogens (tertiary/aromatic N) is 2. The summed E-state index contributed by atoms with van der Waals surface area (Å²) in [7, 11) is 3.16. The summed E-state index contributed by atoms with van der Waals surface area (Å²) in [6, 6.07) is 21.0. The minimum absolute atomic E-state index is 0.0151. The van der Waals surface area contributed by atoms with E-state index >= 15 is 0 Å². The summed E-state index contributed by atoms with van der Waals surface area (Å²) in [6.45, 7) is 1.88. The van der Waals surface area contributed by atoms with Crippen molar-refractivity contribution in [3.8, 4) is 5.75 Å². The Bertz CT molecular complexity index is 1010.